The van der Waals surface area contributed by atoms with Gasteiger partial charge in [0, 0.05) is 45.0 Å². The largest absolute Gasteiger partial charge is 0.383 e. The summed E-state index contributed by atoms with van der Waals surface area (Å²) in [5.41, 5.74) is 12.1. The summed E-state index contributed by atoms with van der Waals surface area (Å²) in [5.74, 6) is 0.669. The molecule has 0 bridgehead atoms. The monoisotopic (exact) mass is 444 g/mol. The minimum atomic E-state index is 0.141. The number of carbonyl (C=O) groups is 1. The molecule has 1 amide bonds. The van der Waals surface area contributed by atoms with Crippen LogP contribution in [0.1, 0.15) is 24.4 Å². The van der Waals surface area contributed by atoms with E-state index in [0.29, 0.717) is 18.4 Å². The van der Waals surface area contributed by atoms with Gasteiger partial charge in [-0.1, -0.05) is 0 Å². The van der Waals surface area contributed by atoms with Crippen LogP contribution in [0.3, 0.4) is 0 Å². The van der Waals surface area contributed by atoms with E-state index in [4.69, 9.17) is 10.7 Å². The molecule has 0 atom stereocenters. The average molecular weight is 445 g/mol. The molecule has 0 spiro atoms. The first-order valence-electron chi connectivity index (χ1n) is 11.2. The van der Waals surface area contributed by atoms with Crippen LogP contribution >= 0.6 is 0 Å². The number of rotatable bonds is 4. The van der Waals surface area contributed by atoms with Gasteiger partial charge >= 0.3 is 0 Å². The second kappa shape index (κ2) is 8.40. The number of aryl methyl sites for hydroxylation is 1. The molecule has 1 saturated heterocycles. The zero-order valence-electron chi connectivity index (χ0n) is 19.2. The Bertz CT molecular complexity index is 1340. The summed E-state index contributed by atoms with van der Waals surface area (Å²) >= 11 is 0. The lowest BCUT2D eigenvalue weighted by atomic mass is 10.0. The van der Waals surface area contributed by atoms with Crippen molar-refractivity contribution in [2.45, 2.75) is 25.8 Å². The van der Waals surface area contributed by atoms with E-state index in [1.54, 1.807) is 25.2 Å². The van der Waals surface area contributed by atoms with Crippen LogP contribution in [0.2, 0.25) is 0 Å². The van der Waals surface area contributed by atoms with Crippen molar-refractivity contribution in [2.75, 3.05) is 39.5 Å². The van der Waals surface area contributed by atoms with Crippen LogP contribution in [0.5, 0.6) is 0 Å². The van der Waals surface area contributed by atoms with Gasteiger partial charge in [0.1, 0.15) is 16.9 Å². The molecule has 170 valence electrons. The van der Waals surface area contributed by atoms with Gasteiger partial charge in [-0.25, -0.2) is 15.0 Å². The summed E-state index contributed by atoms with van der Waals surface area (Å²) in [4.78, 5) is 34.4. The molecule has 1 fully saturated rings. The third-order valence-corrected chi connectivity index (χ3v) is 6.47. The van der Waals surface area contributed by atoms with Crippen molar-refractivity contribution in [2.24, 2.45) is 0 Å². The molecule has 9 heteroatoms. The summed E-state index contributed by atoms with van der Waals surface area (Å²) < 4.78 is 2.24. The van der Waals surface area contributed by atoms with Crippen molar-refractivity contribution in [1.82, 2.24) is 34.3 Å². The van der Waals surface area contributed by atoms with Crippen molar-refractivity contribution in [1.29, 1.82) is 0 Å². The van der Waals surface area contributed by atoms with Crippen LogP contribution in [0.4, 0.5) is 5.82 Å². The fourth-order valence-electron chi connectivity index (χ4n) is 4.43. The molecule has 0 saturated carbocycles. The lowest BCUT2D eigenvalue weighted by Gasteiger charge is -2.33. The van der Waals surface area contributed by atoms with E-state index >= 15 is 0 Å². The highest BCUT2D eigenvalue weighted by molar-refractivity contribution is 6.00. The van der Waals surface area contributed by atoms with Gasteiger partial charge in [-0.05, 0) is 43.5 Å². The van der Waals surface area contributed by atoms with E-state index in [1.807, 2.05) is 37.6 Å². The third kappa shape index (κ3) is 4.00. The summed E-state index contributed by atoms with van der Waals surface area (Å²) in [5, 5.41) is 0. The SMILES string of the molecule is Cc1cc(-c2ccc3ncc4ncn(C5CCN(CC(=O)N(C)C)CC5)c4c3n2)cnc1N. The number of carbonyl (C=O) groups excluding carboxylic acids is 1. The second-order valence-corrected chi connectivity index (χ2v) is 8.93. The van der Waals surface area contributed by atoms with Gasteiger partial charge in [0.05, 0.1) is 35.8 Å². The van der Waals surface area contributed by atoms with E-state index in [-0.39, 0.29) is 5.91 Å². The van der Waals surface area contributed by atoms with Gasteiger partial charge in [-0.15, -0.1) is 0 Å². The Morgan fingerprint density at radius 3 is 2.64 bits per heavy atom. The Kier molecular flexibility index (Phi) is 5.41. The van der Waals surface area contributed by atoms with Gasteiger partial charge < -0.3 is 15.2 Å². The van der Waals surface area contributed by atoms with Gasteiger partial charge in [-0.2, -0.15) is 0 Å². The first kappa shape index (κ1) is 21.3. The fraction of sp³-hybridized carbons (Fsp3) is 0.375. The minimum Gasteiger partial charge on any atom is -0.383 e. The molecular weight excluding hydrogens is 416 g/mol. The highest BCUT2D eigenvalue weighted by atomic mass is 16.2. The number of amides is 1. The molecule has 0 aromatic carbocycles. The maximum Gasteiger partial charge on any atom is 0.236 e. The predicted molar refractivity (Wildman–Crippen MR) is 129 cm³/mol. The van der Waals surface area contributed by atoms with Crippen LogP contribution in [-0.4, -0.2) is 73.9 Å². The highest BCUT2D eigenvalue weighted by Gasteiger charge is 2.24. The fourth-order valence-corrected chi connectivity index (χ4v) is 4.43. The van der Waals surface area contributed by atoms with E-state index in [1.165, 1.54) is 0 Å². The first-order chi connectivity index (χ1) is 15.9. The maximum atomic E-state index is 12.1. The van der Waals surface area contributed by atoms with E-state index < -0.39 is 0 Å². The molecule has 2 N–H and O–H groups in total. The average Bonchev–Trinajstić information content (AvgIpc) is 3.25. The molecule has 0 radical (unpaired) electrons. The first-order valence-corrected chi connectivity index (χ1v) is 11.2. The van der Waals surface area contributed by atoms with Gasteiger partial charge in [0.15, 0.2) is 0 Å². The molecule has 1 aliphatic rings. The zero-order chi connectivity index (χ0) is 23.1. The van der Waals surface area contributed by atoms with Crippen molar-refractivity contribution >= 4 is 33.8 Å². The lowest BCUT2D eigenvalue weighted by molar-refractivity contribution is -0.130. The molecule has 0 unspecified atom stereocenters. The van der Waals surface area contributed by atoms with Crippen LogP contribution in [0, 0.1) is 6.92 Å². The number of hydrogen-bond acceptors (Lipinski definition) is 7. The number of imidazole rings is 1. The molecule has 4 aromatic heterocycles. The molecule has 33 heavy (non-hydrogen) atoms. The van der Waals surface area contributed by atoms with Crippen LogP contribution < -0.4 is 5.73 Å². The molecule has 9 nitrogen and oxygen atoms in total. The number of anilines is 1. The summed E-state index contributed by atoms with van der Waals surface area (Å²) in [6.07, 6.45) is 7.38. The van der Waals surface area contributed by atoms with E-state index in [2.05, 4.69) is 24.4 Å². The van der Waals surface area contributed by atoms with Crippen LogP contribution in [0.25, 0.3) is 33.3 Å². The van der Waals surface area contributed by atoms with Crippen LogP contribution in [-0.2, 0) is 4.79 Å². The minimum absolute atomic E-state index is 0.141. The van der Waals surface area contributed by atoms with Crippen molar-refractivity contribution in [3.05, 3.63) is 42.5 Å². The number of nitrogens with zero attached hydrogens (tertiary/aromatic N) is 7. The summed E-state index contributed by atoms with van der Waals surface area (Å²) in [7, 11) is 3.60. The number of nitrogens with two attached hydrogens (primary N) is 1. The topological polar surface area (TPSA) is 106 Å². The number of hydrogen-bond donors (Lipinski definition) is 1. The molecule has 4 aromatic rings. The number of nitrogen functional groups attached to an aromatic ring is 1. The van der Waals surface area contributed by atoms with E-state index in [0.717, 1.165) is 64.8 Å². The number of likely N-dealkylation sites (tertiary alicyclic amines) is 1. The zero-order valence-corrected chi connectivity index (χ0v) is 19.2. The Morgan fingerprint density at radius 1 is 1.12 bits per heavy atom. The number of likely N-dealkylation sites (N-methyl/N-ethyl adjacent to an activating group) is 1. The maximum absolute atomic E-state index is 12.1. The lowest BCUT2D eigenvalue weighted by Crippen LogP contribution is -2.41. The van der Waals surface area contributed by atoms with Crippen LogP contribution in [0.15, 0.2) is 36.9 Å². The van der Waals surface area contributed by atoms with Crippen molar-refractivity contribution in [3.63, 3.8) is 0 Å². The summed E-state index contributed by atoms with van der Waals surface area (Å²) in [6.45, 7) is 4.17. The quantitative estimate of drug-likeness (QED) is 0.516. The predicted octanol–water partition coefficient (Wildman–Crippen LogP) is 2.66. The molecule has 0 aliphatic carbocycles. The smallest absolute Gasteiger partial charge is 0.236 e. The number of fused-ring (bicyclic) bond motifs is 3. The normalized spacial score (nSPS) is 15.4. The Hall–Kier alpha value is -3.59. The molecule has 5 rings (SSSR count). The Balaban J connectivity index is 1.48. The standard InChI is InChI=1S/C24H28N8O/c1-15-10-16(11-27-24(15)25)18-4-5-19-22(29-18)23-20(12-26-19)28-14-32(23)17-6-8-31(9-7-17)13-21(33)30(2)3/h4-5,10-12,14,17H,6-9,13H2,1-3H3,(H2,25,27). The molecule has 5 heterocycles. The molecule has 1 aliphatic heterocycles. The van der Waals surface area contributed by atoms with E-state index in [9.17, 15) is 4.79 Å². The number of piperidine rings is 1. The molecular formula is C24H28N8O. The Labute approximate surface area is 192 Å². The van der Waals surface area contributed by atoms with Gasteiger partial charge in [0.25, 0.3) is 0 Å². The number of aromatic nitrogens is 5. The third-order valence-electron chi connectivity index (χ3n) is 6.47. The number of pyridine rings is 3. The summed E-state index contributed by atoms with van der Waals surface area (Å²) in [6, 6.07) is 6.27. The van der Waals surface area contributed by atoms with Gasteiger partial charge in [-0.3, -0.25) is 14.7 Å². The Morgan fingerprint density at radius 2 is 1.91 bits per heavy atom. The second-order valence-electron chi connectivity index (χ2n) is 8.93. The van der Waals surface area contributed by atoms with Crippen molar-refractivity contribution in [3.8, 4) is 11.3 Å². The van der Waals surface area contributed by atoms with Gasteiger partial charge in [0.2, 0.25) is 5.91 Å². The highest BCUT2D eigenvalue weighted by Crippen LogP contribution is 2.31. The van der Waals surface area contributed by atoms with Crippen molar-refractivity contribution < 1.29 is 4.79 Å².